The van der Waals surface area contributed by atoms with Gasteiger partial charge >= 0.3 is 0 Å². The number of hydrogen-bond donors (Lipinski definition) is 1. The van der Waals surface area contributed by atoms with E-state index in [1.54, 1.807) is 0 Å². The van der Waals surface area contributed by atoms with Gasteiger partial charge in [-0.15, -0.1) is 0 Å². The van der Waals surface area contributed by atoms with Gasteiger partial charge in [0.05, 0.1) is 11.3 Å². The third-order valence-corrected chi connectivity index (χ3v) is 2.00. The summed E-state index contributed by atoms with van der Waals surface area (Å²) in [7, 11) is 0. The van der Waals surface area contributed by atoms with Gasteiger partial charge in [-0.05, 0) is 26.8 Å². The first-order valence-corrected chi connectivity index (χ1v) is 5.01. The molecule has 1 rings (SSSR count). The van der Waals surface area contributed by atoms with E-state index in [0.29, 0.717) is 6.54 Å². The molecule has 0 radical (unpaired) electrons. The smallest absolute Gasteiger partial charge is 0.0750 e. The van der Waals surface area contributed by atoms with Gasteiger partial charge in [0, 0.05) is 19.2 Å². The lowest BCUT2D eigenvalue weighted by Gasteiger charge is -1.88. The molecule has 0 bridgehead atoms. The van der Waals surface area contributed by atoms with Gasteiger partial charge in [-0.1, -0.05) is 11.8 Å². The first-order valence-electron chi connectivity index (χ1n) is 5.01. The van der Waals surface area contributed by atoms with Crippen LogP contribution in [0.25, 0.3) is 0 Å². The third-order valence-electron chi connectivity index (χ3n) is 2.00. The van der Waals surface area contributed by atoms with Gasteiger partial charge in [-0.25, -0.2) is 0 Å². The quantitative estimate of drug-likeness (QED) is 0.578. The van der Waals surface area contributed by atoms with E-state index in [9.17, 15) is 0 Å². The van der Waals surface area contributed by atoms with Crippen molar-refractivity contribution >= 4 is 0 Å². The molecule has 1 aromatic rings. The molecule has 2 N–H and O–H groups in total. The Morgan fingerprint density at radius 2 is 2.36 bits per heavy atom. The van der Waals surface area contributed by atoms with Gasteiger partial charge in [0.25, 0.3) is 0 Å². The summed E-state index contributed by atoms with van der Waals surface area (Å²) in [5, 5.41) is 4.32. The molecule has 1 heterocycles. The first-order chi connectivity index (χ1) is 6.77. The number of hydrogen-bond acceptors (Lipinski definition) is 2. The van der Waals surface area contributed by atoms with Crippen LogP contribution in [0.5, 0.6) is 0 Å². The summed E-state index contributed by atoms with van der Waals surface area (Å²) in [6, 6.07) is 0. The second-order valence-corrected chi connectivity index (χ2v) is 3.18. The molecule has 0 saturated heterocycles. The highest BCUT2D eigenvalue weighted by Gasteiger charge is 1.99. The van der Waals surface area contributed by atoms with Crippen molar-refractivity contribution in [2.45, 2.75) is 33.2 Å². The molecule has 0 aliphatic rings. The zero-order valence-corrected chi connectivity index (χ0v) is 8.88. The second-order valence-electron chi connectivity index (χ2n) is 3.18. The van der Waals surface area contributed by atoms with Crippen LogP contribution >= 0.6 is 0 Å². The summed E-state index contributed by atoms with van der Waals surface area (Å²) in [6.07, 6.45) is 3.83. The molecule has 0 amide bonds. The van der Waals surface area contributed by atoms with Crippen molar-refractivity contribution in [2.24, 2.45) is 5.73 Å². The SMILES string of the molecule is CCn1cc(C#CCCCN)c(C)n1. The Kier molecular flexibility index (Phi) is 4.21. The predicted molar refractivity (Wildman–Crippen MR) is 57.8 cm³/mol. The lowest BCUT2D eigenvalue weighted by atomic mass is 10.2. The molecule has 0 unspecified atom stereocenters. The van der Waals surface area contributed by atoms with Crippen LogP contribution in [0, 0.1) is 18.8 Å². The fourth-order valence-electron chi connectivity index (χ4n) is 1.15. The van der Waals surface area contributed by atoms with Gasteiger partial charge in [-0.2, -0.15) is 5.10 Å². The van der Waals surface area contributed by atoms with E-state index < -0.39 is 0 Å². The Morgan fingerprint density at radius 3 is 2.93 bits per heavy atom. The Labute approximate surface area is 85.3 Å². The number of aromatic nitrogens is 2. The van der Waals surface area contributed by atoms with E-state index in [1.165, 1.54) is 0 Å². The highest BCUT2D eigenvalue weighted by molar-refractivity contribution is 5.35. The fourth-order valence-corrected chi connectivity index (χ4v) is 1.15. The monoisotopic (exact) mass is 191 g/mol. The minimum absolute atomic E-state index is 0.710. The topological polar surface area (TPSA) is 43.8 Å². The number of rotatable bonds is 3. The Bertz CT molecular complexity index is 341. The largest absolute Gasteiger partial charge is 0.330 e. The molecule has 3 nitrogen and oxygen atoms in total. The van der Waals surface area contributed by atoms with Gasteiger partial charge in [-0.3, -0.25) is 4.68 Å². The molecule has 0 aromatic carbocycles. The molecule has 0 saturated carbocycles. The molecule has 76 valence electrons. The summed E-state index contributed by atoms with van der Waals surface area (Å²) in [5.41, 5.74) is 7.42. The Morgan fingerprint density at radius 1 is 1.57 bits per heavy atom. The maximum Gasteiger partial charge on any atom is 0.0750 e. The van der Waals surface area contributed by atoms with Crippen molar-refractivity contribution in [3.8, 4) is 11.8 Å². The maximum atomic E-state index is 5.38. The molecule has 0 atom stereocenters. The molecule has 0 aliphatic carbocycles. The highest BCUT2D eigenvalue weighted by atomic mass is 15.3. The third kappa shape index (κ3) is 2.90. The van der Waals surface area contributed by atoms with Crippen LogP contribution in [-0.4, -0.2) is 16.3 Å². The zero-order chi connectivity index (χ0) is 10.4. The summed E-state index contributed by atoms with van der Waals surface area (Å²) >= 11 is 0. The molecule has 0 fully saturated rings. The van der Waals surface area contributed by atoms with Crippen LogP contribution in [0.1, 0.15) is 31.0 Å². The average molecular weight is 191 g/mol. The van der Waals surface area contributed by atoms with Crippen LogP contribution < -0.4 is 5.73 Å². The summed E-state index contributed by atoms with van der Waals surface area (Å²) in [6.45, 7) is 5.66. The van der Waals surface area contributed by atoms with Crippen LogP contribution in [0.15, 0.2) is 6.20 Å². The number of aryl methyl sites for hydroxylation is 2. The van der Waals surface area contributed by atoms with Crippen molar-refractivity contribution in [2.75, 3.05) is 6.54 Å². The van der Waals surface area contributed by atoms with Crippen LogP contribution in [0.4, 0.5) is 0 Å². The van der Waals surface area contributed by atoms with Gasteiger partial charge in [0.1, 0.15) is 0 Å². The Hall–Kier alpha value is -1.27. The maximum absolute atomic E-state index is 5.38. The van der Waals surface area contributed by atoms with Gasteiger partial charge < -0.3 is 5.73 Å². The van der Waals surface area contributed by atoms with Gasteiger partial charge in [0.2, 0.25) is 0 Å². The predicted octanol–water partition coefficient (Wildman–Crippen LogP) is 1.30. The Balaban J connectivity index is 2.64. The van der Waals surface area contributed by atoms with Crippen molar-refractivity contribution < 1.29 is 0 Å². The highest BCUT2D eigenvalue weighted by Crippen LogP contribution is 2.03. The van der Waals surface area contributed by atoms with E-state index in [0.717, 1.165) is 30.6 Å². The fraction of sp³-hybridized carbons (Fsp3) is 0.545. The van der Waals surface area contributed by atoms with E-state index in [2.05, 4.69) is 23.9 Å². The van der Waals surface area contributed by atoms with E-state index in [1.807, 2.05) is 17.8 Å². The average Bonchev–Trinajstić information content (AvgIpc) is 2.54. The lowest BCUT2D eigenvalue weighted by molar-refractivity contribution is 0.653. The molecular weight excluding hydrogens is 174 g/mol. The molecule has 0 aliphatic heterocycles. The second kappa shape index (κ2) is 5.46. The van der Waals surface area contributed by atoms with Crippen molar-refractivity contribution in [1.82, 2.24) is 9.78 Å². The normalized spacial score (nSPS) is 9.64. The van der Waals surface area contributed by atoms with Crippen LogP contribution in [0.3, 0.4) is 0 Å². The van der Waals surface area contributed by atoms with Crippen molar-refractivity contribution in [3.63, 3.8) is 0 Å². The molecule has 14 heavy (non-hydrogen) atoms. The minimum atomic E-state index is 0.710. The van der Waals surface area contributed by atoms with E-state index >= 15 is 0 Å². The zero-order valence-electron chi connectivity index (χ0n) is 8.88. The first kappa shape index (κ1) is 10.8. The standard InChI is InChI=1S/C11H17N3/c1-3-14-9-11(10(2)13-14)7-5-4-6-8-12/h9H,3-4,6,8,12H2,1-2H3. The van der Waals surface area contributed by atoms with Gasteiger partial charge in [0.15, 0.2) is 0 Å². The molecular formula is C11H17N3. The minimum Gasteiger partial charge on any atom is -0.330 e. The molecule has 0 spiro atoms. The summed E-state index contributed by atoms with van der Waals surface area (Å²) < 4.78 is 1.91. The summed E-state index contributed by atoms with van der Waals surface area (Å²) in [5.74, 6) is 6.21. The van der Waals surface area contributed by atoms with Crippen LogP contribution in [0.2, 0.25) is 0 Å². The lowest BCUT2D eigenvalue weighted by Crippen LogP contribution is -1.96. The van der Waals surface area contributed by atoms with E-state index in [-0.39, 0.29) is 0 Å². The van der Waals surface area contributed by atoms with Crippen LogP contribution in [-0.2, 0) is 6.54 Å². The number of nitrogens with two attached hydrogens (primary N) is 1. The van der Waals surface area contributed by atoms with E-state index in [4.69, 9.17) is 5.73 Å². The molecule has 1 aromatic heterocycles. The van der Waals surface area contributed by atoms with Crippen molar-refractivity contribution in [3.05, 3.63) is 17.5 Å². The van der Waals surface area contributed by atoms with Crippen molar-refractivity contribution in [1.29, 1.82) is 0 Å². The number of unbranched alkanes of at least 4 members (excludes halogenated alkanes) is 1. The molecule has 3 heteroatoms. The summed E-state index contributed by atoms with van der Waals surface area (Å²) in [4.78, 5) is 0. The number of nitrogens with zero attached hydrogens (tertiary/aromatic N) is 2.